The summed E-state index contributed by atoms with van der Waals surface area (Å²) in [5, 5.41) is 0. The van der Waals surface area contributed by atoms with Crippen molar-refractivity contribution in [2.75, 3.05) is 0 Å². The van der Waals surface area contributed by atoms with Crippen molar-refractivity contribution in [1.29, 1.82) is 0 Å². The molecule has 0 saturated carbocycles. The summed E-state index contributed by atoms with van der Waals surface area (Å²) in [6.45, 7) is 2.04. The van der Waals surface area contributed by atoms with Gasteiger partial charge in [0.15, 0.2) is 0 Å². The van der Waals surface area contributed by atoms with Crippen LogP contribution in [0.1, 0.15) is 19.8 Å². The minimum absolute atomic E-state index is 0. The molecule has 0 N–H and O–H groups in total. The van der Waals surface area contributed by atoms with Crippen molar-refractivity contribution in [3.63, 3.8) is 0 Å². The summed E-state index contributed by atoms with van der Waals surface area (Å²) in [5.74, 6) is 0. The molecular weight excluding hydrogens is 306 g/mol. The topological polar surface area (TPSA) is 0 Å². The first kappa shape index (κ1) is 20.7. The maximum atomic E-state index is 2.99. The first-order valence-electron chi connectivity index (χ1n) is 4.30. The van der Waals surface area contributed by atoms with Crippen molar-refractivity contribution in [2.24, 2.45) is 0 Å². The molecule has 0 aromatic rings. The molecule has 0 aromatic heterocycles. The second kappa shape index (κ2) is 19.8. The summed E-state index contributed by atoms with van der Waals surface area (Å²) in [6, 6.07) is 0. The molecule has 0 aromatic carbocycles. The first-order chi connectivity index (χ1) is 6.41. The monoisotopic (exact) mass is 318 g/mol. The second-order valence-electron chi connectivity index (χ2n) is 2.29. The van der Waals surface area contributed by atoms with Gasteiger partial charge in [0.2, 0.25) is 0 Å². The molecule has 0 fully saturated rings. The van der Waals surface area contributed by atoms with Crippen molar-refractivity contribution in [3.8, 4) is 0 Å². The van der Waals surface area contributed by atoms with Gasteiger partial charge in [-0.05, 0) is 0 Å². The Morgan fingerprint density at radius 3 is 1.40 bits per heavy atom. The summed E-state index contributed by atoms with van der Waals surface area (Å²) >= 11 is 1.51. The molecule has 82 valence electrons. The third-order valence-corrected chi connectivity index (χ3v) is 1.17. The fraction of sp³-hybridized carbons (Fsp3) is 0.250. The van der Waals surface area contributed by atoms with Crippen molar-refractivity contribution >= 4 is 3.71 Å². The van der Waals surface area contributed by atoms with E-state index in [9.17, 15) is 0 Å². The van der Waals surface area contributed by atoms with Crippen LogP contribution >= 0.6 is 0 Å². The Labute approximate surface area is 120 Å². The van der Waals surface area contributed by atoms with Gasteiger partial charge >= 0.3 is 34.9 Å². The van der Waals surface area contributed by atoms with Crippen LogP contribution in [0.25, 0.3) is 0 Å². The number of halogens is 2. The second-order valence-corrected chi connectivity index (χ2v) is 3.71. The van der Waals surface area contributed by atoms with E-state index in [1.54, 1.807) is 0 Å². The molecule has 3 heteroatoms. The zero-order valence-electron chi connectivity index (χ0n) is 8.71. The number of hydrogen-bond acceptors (Lipinski definition) is 0. The maximum absolute atomic E-state index is 2.99. The van der Waals surface area contributed by atoms with E-state index >= 15 is 0 Å². The van der Waals surface area contributed by atoms with E-state index in [1.807, 2.05) is 31.2 Å². The molecule has 0 spiro atoms. The minimum atomic E-state index is 0. The maximum Gasteiger partial charge on any atom is -0.109 e. The molecule has 0 amide bonds. The summed E-state index contributed by atoms with van der Waals surface area (Å²) in [4.78, 5) is 0. The predicted molar refractivity (Wildman–Crippen MR) is 54.9 cm³/mol. The third kappa shape index (κ3) is 20.4. The third-order valence-electron chi connectivity index (χ3n) is 1.17. The van der Waals surface area contributed by atoms with Crippen molar-refractivity contribution in [2.45, 2.75) is 19.8 Å². The summed E-state index contributed by atoms with van der Waals surface area (Å²) < 4.78 is 2.09. The van der Waals surface area contributed by atoms with E-state index in [1.165, 1.54) is 24.2 Å². The van der Waals surface area contributed by atoms with E-state index in [2.05, 4.69) is 28.0 Å². The van der Waals surface area contributed by atoms with Crippen LogP contribution in [0.3, 0.4) is 0 Å². The van der Waals surface area contributed by atoms with Gasteiger partial charge < -0.3 is 24.8 Å². The fourth-order valence-corrected chi connectivity index (χ4v) is 0.680. The van der Waals surface area contributed by atoms with Gasteiger partial charge in [0.1, 0.15) is 0 Å². The van der Waals surface area contributed by atoms with E-state index in [0.717, 1.165) is 12.8 Å². The van der Waals surface area contributed by atoms with Gasteiger partial charge in [-0.2, -0.15) is 12.2 Å². The Balaban J connectivity index is -0.000000140. The average Bonchev–Trinajstić information content (AvgIpc) is 2.85. The van der Waals surface area contributed by atoms with Crippen LogP contribution in [0.5, 0.6) is 0 Å². The van der Waals surface area contributed by atoms with E-state index < -0.39 is 0 Å². The van der Waals surface area contributed by atoms with E-state index in [4.69, 9.17) is 0 Å². The van der Waals surface area contributed by atoms with Crippen molar-refractivity contribution in [3.05, 3.63) is 48.6 Å². The SMILES string of the molecule is C[CH]=[Zr+2].[C-]1=CC=CC1.[C-]1=CC=CC1.[Cl-].[Cl-]. The molecule has 0 heterocycles. The standard InChI is InChI=1S/2C5H5.C2H4.2ClH.Zr/c2*1-2-4-5-3-1;1-2;;;/h2*1-3H,4H2;1H,2H3;2*1H;/q2*-1;;;;+2/p-2. The van der Waals surface area contributed by atoms with Crippen molar-refractivity contribution in [1.82, 2.24) is 0 Å². The zero-order valence-corrected chi connectivity index (χ0v) is 12.7. The predicted octanol–water partition coefficient (Wildman–Crippen LogP) is -3.03. The van der Waals surface area contributed by atoms with E-state index in [0.29, 0.717) is 0 Å². The van der Waals surface area contributed by atoms with Crippen LogP contribution < -0.4 is 24.8 Å². The van der Waals surface area contributed by atoms with Gasteiger partial charge in [-0.1, -0.05) is 0 Å². The molecule has 2 aliphatic rings. The van der Waals surface area contributed by atoms with Gasteiger partial charge in [0.25, 0.3) is 0 Å². The van der Waals surface area contributed by atoms with Crippen LogP contribution in [0.4, 0.5) is 0 Å². The average molecular weight is 320 g/mol. The molecule has 0 unspecified atom stereocenters. The van der Waals surface area contributed by atoms with Crippen LogP contribution in [0.2, 0.25) is 0 Å². The van der Waals surface area contributed by atoms with Gasteiger partial charge in [-0.3, -0.25) is 12.2 Å². The van der Waals surface area contributed by atoms with Crippen LogP contribution in [0.15, 0.2) is 36.5 Å². The smallest absolute Gasteiger partial charge is 0.109 e. The molecule has 0 radical (unpaired) electrons. The number of rotatable bonds is 0. The van der Waals surface area contributed by atoms with Crippen LogP contribution in [-0.4, -0.2) is 3.71 Å². The summed E-state index contributed by atoms with van der Waals surface area (Å²) in [7, 11) is 0. The largest absolute Gasteiger partial charge is 1.00 e. The van der Waals surface area contributed by atoms with Gasteiger partial charge in [0.05, 0.1) is 0 Å². The summed E-state index contributed by atoms with van der Waals surface area (Å²) in [5.41, 5.74) is 0. The molecule has 0 aliphatic heterocycles. The molecule has 2 rings (SSSR count). The van der Waals surface area contributed by atoms with Gasteiger partial charge in [-0.15, -0.1) is 12.8 Å². The van der Waals surface area contributed by atoms with Gasteiger partial charge in [0, 0.05) is 0 Å². The molecule has 0 bridgehead atoms. The first-order valence-corrected chi connectivity index (χ1v) is 5.72. The molecule has 0 nitrogen and oxygen atoms in total. The van der Waals surface area contributed by atoms with Gasteiger partial charge in [-0.25, -0.2) is 24.3 Å². The molecule has 2 aliphatic carbocycles. The van der Waals surface area contributed by atoms with E-state index in [-0.39, 0.29) is 24.8 Å². The molecular formula is C12H14Cl2Zr-2. The Kier molecular flexibility index (Phi) is 27.3. The number of allylic oxidation sites excluding steroid dienone is 8. The minimum Gasteiger partial charge on any atom is -1.00 e. The normalized spacial score (nSPS) is 12.7. The Hall–Kier alpha value is 0.293. The van der Waals surface area contributed by atoms with Crippen LogP contribution in [-0.2, 0) is 24.2 Å². The summed E-state index contributed by atoms with van der Waals surface area (Å²) in [6.07, 6.45) is 20.0. The Morgan fingerprint density at radius 2 is 1.33 bits per heavy atom. The molecule has 0 atom stereocenters. The molecule has 15 heavy (non-hydrogen) atoms. The molecule has 0 saturated heterocycles. The fourth-order valence-electron chi connectivity index (χ4n) is 0.680. The van der Waals surface area contributed by atoms with Crippen LogP contribution in [0, 0.1) is 12.2 Å². The Bertz CT molecular complexity index is 186. The number of hydrogen-bond donors (Lipinski definition) is 0. The quantitative estimate of drug-likeness (QED) is 0.417. The Morgan fingerprint density at radius 1 is 1.00 bits per heavy atom. The van der Waals surface area contributed by atoms with Crippen molar-refractivity contribution < 1.29 is 49.0 Å². The zero-order chi connectivity index (χ0) is 9.78.